The predicted molar refractivity (Wildman–Crippen MR) is 75.4 cm³/mol. The van der Waals surface area contributed by atoms with Crippen molar-refractivity contribution >= 4 is 0 Å². The lowest BCUT2D eigenvalue weighted by Crippen LogP contribution is -2.58. The van der Waals surface area contributed by atoms with E-state index in [1.54, 1.807) is 0 Å². The normalized spacial score (nSPS) is 42.5. The second kappa shape index (κ2) is 4.51. The average Bonchev–Trinajstić information content (AvgIpc) is 2.27. The highest BCUT2D eigenvalue weighted by molar-refractivity contribution is 5.09. The summed E-state index contributed by atoms with van der Waals surface area (Å²) in [7, 11) is 0. The summed E-state index contributed by atoms with van der Waals surface area (Å²) in [5, 5.41) is 11.4. The van der Waals surface area contributed by atoms with Crippen LogP contribution in [-0.4, -0.2) is 10.7 Å². The van der Waals surface area contributed by atoms with Crippen LogP contribution in [0, 0.1) is 23.2 Å². The third-order valence-electron chi connectivity index (χ3n) is 6.35. The van der Waals surface area contributed by atoms with Crippen LogP contribution in [0.5, 0.6) is 0 Å². The minimum atomic E-state index is -0.341. The van der Waals surface area contributed by atoms with Crippen LogP contribution >= 0.6 is 0 Å². The van der Waals surface area contributed by atoms with Crippen LogP contribution in [0.15, 0.2) is 0 Å². The lowest BCUT2D eigenvalue weighted by atomic mass is 9.44. The van der Waals surface area contributed by atoms with E-state index in [0.29, 0.717) is 5.41 Å². The Bertz CT molecular complexity index is 265. The SMILES string of the molecule is CCCC(O)(CCC)C12CC3CC(CC(C3)C1)C2. The van der Waals surface area contributed by atoms with E-state index in [9.17, 15) is 5.11 Å². The van der Waals surface area contributed by atoms with Crippen LogP contribution in [0.25, 0.3) is 0 Å². The Morgan fingerprint density at radius 3 is 1.61 bits per heavy atom. The van der Waals surface area contributed by atoms with Gasteiger partial charge in [-0.25, -0.2) is 0 Å². The van der Waals surface area contributed by atoms with E-state index < -0.39 is 0 Å². The number of hydrogen-bond donors (Lipinski definition) is 1. The Morgan fingerprint density at radius 1 is 0.889 bits per heavy atom. The van der Waals surface area contributed by atoms with E-state index in [-0.39, 0.29) is 5.60 Å². The van der Waals surface area contributed by atoms with Gasteiger partial charge in [-0.1, -0.05) is 26.7 Å². The molecule has 0 amide bonds. The van der Waals surface area contributed by atoms with Gasteiger partial charge in [0.25, 0.3) is 0 Å². The maximum Gasteiger partial charge on any atom is 0.0703 e. The summed E-state index contributed by atoms with van der Waals surface area (Å²) < 4.78 is 0. The molecule has 0 heterocycles. The molecule has 0 radical (unpaired) electrons. The summed E-state index contributed by atoms with van der Waals surface area (Å²) in [5.74, 6) is 2.87. The number of hydrogen-bond acceptors (Lipinski definition) is 1. The van der Waals surface area contributed by atoms with Crippen LogP contribution < -0.4 is 0 Å². The molecule has 4 aliphatic carbocycles. The van der Waals surface area contributed by atoms with Gasteiger partial charge in [0.15, 0.2) is 0 Å². The smallest absolute Gasteiger partial charge is 0.0703 e. The first-order chi connectivity index (χ1) is 8.61. The lowest BCUT2D eigenvalue weighted by Gasteiger charge is -2.62. The fourth-order valence-electron chi connectivity index (χ4n) is 6.16. The summed E-state index contributed by atoms with van der Waals surface area (Å²) in [6, 6.07) is 0. The average molecular weight is 250 g/mol. The topological polar surface area (TPSA) is 20.2 Å². The first-order valence-corrected chi connectivity index (χ1v) is 8.33. The van der Waals surface area contributed by atoms with Crippen molar-refractivity contribution in [1.82, 2.24) is 0 Å². The highest BCUT2D eigenvalue weighted by Crippen LogP contribution is 2.65. The maximum atomic E-state index is 11.4. The second-order valence-corrected chi connectivity index (χ2v) is 7.73. The predicted octanol–water partition coefficient (Wildman–Crippen LogP) is 4.53. The molecule has 0 saturated heterocycles. The maximum absolute atomic E-state index is 11.4. The van der Waals surface area contributed by atoms with Crippen molar-refractivity contribution in [3.63, 3.8) is 0 Å². The van der Waals surface area contributed by atoms with Gasteiger partial charge in [0, 0.05) is 0 Å². The quantitative estimate of drug-likeness (QED) is 0.760. The molecule has 1 N–H and O–H groups in total. The summed E-state index contributed by atoms with van der Waals surface area (Å²) >= 11 is 0. The van der Waals surface area contributed by atoms with E-state index in [1.807, 2.05) is 0 Å². The summed E-state index contributed by atoms with van der Waals surface area (Å²) in [6.07, 6.45) is 12.8. The van der Waals surface area contributed by atoms with Crippen molar-refractivity contribution in [1.29, 1.82) is 0 Å². The molecule has 4 saturated carbocycles. The molecule has 0 spiro atoms. The molecule has 1 nitrogen and oxygen atoms in total. The fourth-order valence-corrected chi connectivity index (χ4v) is 6.16. The molecule has 104 valence electrons. The third-order valence-corrected chi connectivity index (χ3v) is 6.35. The highest BCUT2D eigenvalue weighted by Gasteiger charge is 2.58. The van der Waals surface area contributed by atoms with Crippen LogP contribution in [0.2, 0.25) is 0 Å². The van der Waals surface area contributed by atoms with Gasteiger partial charge in [-0.15, -0.1) is 0 Å². The summed E-state index contributed by atoms with van der Waals surface area (Å²) in [4.78, 5) is 0. The van der Waals surface area contributed by atoms with Gasteiger partial charge < -0.3 is 5.11 Å². The Balaban J connectivity index is 1.88. The van der Waals surface area contributed by atoms with Gasteiger partial charge in [-0.2, -0.15) is 0 Å². The Hall–Kier alpha value is -0.0400. The minimum Gasteiger partial charge on any atom is -0.389 e. The summed E-state index contributed by atoms with van der Waals surface area (Å²) in [5.41, 5.74) is -0.0275. The molecule has 4 bridgehead atoms. The molecule has 18 heavy (non-hydrogen) atoms. The molecule has 1 heteroatoms. The molecule has 0 atom stereocenters. The van der Waals surface area contributed by atoms with Gasteiger partial charge in [0.2, 0.25) is 0 Å². The lowest BCUT2D eigenvalue weighted by molar-refractivity contribution is -0.185. The molecule has 0 aromatic carbocycles. The van der Waals surface area contributed by atoms with Crippen molar-refractivity contribution in [2.45, 2.75) is 83.7 Å². The molecular weight excluding hydrogens is 220 g/mol. The first-order valence-electron chi connectivity index (χ1n) is 8.33. The molecule has 4 fully saturated rings. The zero-order valence-electron chi connectivity index (χ0n) is 12.3. The van der Waals surface area contributed by atoms with E-state index in [2.05, 4.69) is 13.8 Å². The highest BCUT2D eigenvalue weighted by atomic mass is 16.3. The van der Waals surface area contributed by atoms with Crippen molar-refractivity contribution in [2.24, 2.45) is 23.2 Å². The van der Waals surface area contributed by atoms with Gasteiger partial charge in [0.05, 0.1) is 5.60 Å². The standard InChI is InChI=1S/C17H30O/c1-3-5-17(18,6-4-2)16-10-13-7-14(11-16)9-15(8-13)12-16/h13-15,18H,3-12H2,1-2H3. The van der Waals surface area contributed by atoms with Crippen molar-refractivity contribution in [3.05, 3.63) is 0 Å². The molecule has 0 aromatic rings. The molecule has 0 aliphatic heterocycles. The van der Waals surface area contributed by atoms with Gasteiger partial charge in [-0.05, 0) is 74.5 Å². The van der Waals surface area contributed by atoms with Crippen molar-refractivity contribution in [2.75, 3.05) is 0 Å². The number of aliphatic hydroxyl groups is 1. The second-order valence-electron chi connectivity index (χ2n) is 7.73. The molecule has 4 aliphatic rings. The van der Waals surface area contributed by atoms with Crippen molar-refractivity contribution < 1.29 is 5.11 Å². The van der Waals surface area contributed by atoms with E-state index in [0.717, 1.165) is 43.4 Å². The monoisotopic (exact) mass is 250 g/mol. The van der Waals surface area contributed by atoms with Gasteiger partial charge in [0.1, 0.15) is 0 Å². The molecule has 0 unspecified atom stereocenters. The van der Waals surface area contributed by atoms with Crippen LogP contribution in [0.1, 0.15) is 78.1 Å². The zero-order valence-corrected chi connectivity index (χ0v) is 12.3. The molecule has 4 rings (SSSR count). The fraction of sp³-hybridized carbons (Fsp3) is 1.00. The van der Waals surface area contributed by atoms with E-state index in [4.69, 9.17) is 0 Å². The Kier molecular flexibility index (Phi) is 3.25. The third kappa shape index (κ3) is 1.85. The first kappa shape index (κ1) is 13.0. The molecule has 0 aromatic heterocycles. The summed E-state index contributed by atoms with van der Waals surface area (Å²) in [6.45, 7) is 4.47. The Morgan fingerprint density at radius 2 is 1.28 bits per heavy atom. The van der Waals surface area contributed by atoms with Crippen molar-refractivity contribution in [3.8, 4) is 0 Å². The minimum absolute atomic E-state index is 0.313. The van der Waals surface area contributed by atoms with E-state index in [1.165, 1.54) is 38.5 Å². The van der Waals surface area contributed by atoms with E-state index >= 15 is 0 Å². The van der Waals surface area contributed by atoms with Gasteiger partial charge in [-0.3, -0.25) is 0 Å². The molecular formula is C17H30O. The largest absolute Gasteiger partial charge is 0.389 e. The van der Waals surface area contributed by atoms with Crippen LogP contribution in [-0.2, 0) is 0 Å². The van der Waals surface area contributed by atoms with Crippen LogP contribution in [0.3, 0.4) is 0 Å². The van der Waals surface area contributed by atoms with Crippen LogP contribution in [0.4, 0.5) is 0 Å². The number of rotatable bonds is 5. The Labute approximate surface area is 112 Å². The zero-order chi connectivity index (χ0) is 12.8. The van der Waals surface area contributed by atoms with Gasteiger partial charge >= 0.3 is 0 Å².